The van der Waals surface area contributed by atoms with Crippen molar-refractivity contribution in [2.24, 2.45) is 7.05 Å². The minimum absolute atomic E-state index is 0.231. The molecule has 0 fully saturated rings. The van der Waals surface area contributed by atoms with E-state index < -0.39 is 0 Å². The molecular weight excluding hydrogens is 202 g/mol. The van der Waals surface area contributed by atoms with Crippen molar-refractivity contribution < 1.29 is 5.11 Å². The van der Waals surface area contributed by atoms with E-state index in [0.29, 0.717) is 5.92 Å². The molecule has 16 heavy (non-hydrogen) atoms. The third-order valence-corrected chi connectivity index (χ3v) is 2.54. The lowest BCUT2D eigenvalue weighted by Crippen LogP contribution is -2.19. The second kappa shape index (κ2) is 6.01. The predicted octanol–water partition coefficient (Wildman–Crippen LogP) is 1.40. The molecule has 4 heteroatoms. The summed E-state index contributed by atoms with van der Waals surface area (Å²) in [5.74, 6) is 0.453. The molecule has 0 amide bonds. The van der Waals surface area contributed by atoms with Gasteiger partial charge in [-0.05, 0) is 25.8 Å². The average molecular weight is 225 g/mol. The van der Waals surface area contributed by atoms with E-state index in [0.717, 1.165) is 25.2 Å². The van der Waals surface area contributed by atoms with Crippen molar-refractivity contribution in [2.75, 3.05) is 6.54 Å². The maximum atomic E-state index is 9.14. The lowest BCUT2D eigenvalue weighted by molar-refractivity contribution is 0.183. The van der Waals surface area contributed by atoms with Crippen molar-refractivity contribution in [3.8, 4) is 0 Å². The van der Waals surface area contributed by atoms with Crippen molar-refractivity contribution in [3.05, 3.63) is 17.5 Å². The monoisotopic (exact) mass is 225 g/mol. The van der Waals surface area contributed by atoms with Crippen LogP contribution >= 0.6 is 0 Å². The van der Waals surface area contributed by atoms with Crippen molar-refractivity contribution in [1.29, 1.82) is 0 Å². The minimum atomic E-state index is -0.231. The summed E-state index contributed by atoms with van der Waals surface area (Å²) in [6.07, 6.45) is 2.62. The molecule has 1 aromatic rings. The van der Waals surface area contributed by atoms with E-state index in [-0.39, 0.29) is 6.10 Å². The van der Waals surface area contributed by atoms with E-state index in [4.69, 9.17) is 5.11 Å². The summed E-state index contributed by atoms with van der Waals surface area (Å²) < 4.78 is 1.86. The van der Waals surface area contributed by atoms with Gasteiger partial charge in [-0.25, -0.2) is 0 Å². The summed E-state index contributed by atoms with van der Waals surface area (Å²) in [6, 6.07) is 0. The highest BCUT2D eigenvalue weighted by molar-refractivity contribution is 5.19. The van der Waals surface area contributed by atoms with Gasteiger partial charge in [0.05, 0.1) is 11.8 Å². The van der Waals surface area contributed by atoms with Gasteiger partial charge >= 0.3 is 0 Å². The van der Waals surface area contributed by atoms with Crippen LogP contribution in [0.2, 0.25) is 0 Å². The summed E-state index contributed by atoms with van der Waals surface area (Å²) in [4.78, 5) is 0. The largest absolute Gasteiger partial charge is 0.393 e. The van der Waals surface area contributed by atoms with E-state index in [1.807, 2.05) is 18.7 Å². The van der Waals surface area contributed by atoms with E-state index in [1.165, 1.54) is 5.56 Å². The number of rotatable bonds is 6. The Morgan fingerprint density at radius 3 is 2.69 bits per heavy atom. The van der Waals surface area contributed by atoms with Crippen LogP contribution in [-0.4, -0.2) is 27.5 Å². The highest BCUT2D eigenvalue weighted by Crippen LogP contribution is 2.16. The third-order valence-electron chi connectivity index (χ3n) is 2.54. The first kappa shape index (κ1) is 13.2. The Hall–Kier alpha value is -0.870. The maximum absolute atomic E-state index is 9.14. The van der Waals surface area contributed by atoms with Crippen LogP contribution in [0.5, 0.6) is 0 Å². The molecule has 0 aromatic carbocycles. The van der Waals surface area contributed by atoms with Gasteiger partial charge in [0, 0.05) is 25.4 Å². The number of nitrogens with one attached hydrogen (secondary N) is 1. The smallest absolute Gasteiger partial charge is 0.0694 e. The Balaban J connectivity index is 2.46. The van der Waals surface area contributed by atoms with Gasteiger partial charge in [0.15, 0.2) is 0 Å². The molecular formula is C12H23N3O. The maximum Gasteiger partial charge on any atom is 0.0694 e. The summed E-state index contributed by atoms with van der Waals surface area (Å²) in [5.41, 5.74) is 2.41. The molecule has 0 radical (unpaired) electrons. The van der Waals surface area contributed by atoms with E-state index >= 15 is 0 Å². The zero-order valence-corrected chi connectivity index (χ0v) is 10.7. The fourth-order valence-electron chi connectivity index (χ4n) is 1.71. The zero-order valence-electron chi connectivity index (χ0n) is 10.7. The fourth-order valence-corrected chi connectivity index (χ4v) is 1.71. The zero-order chi connectivity index (χ0) is 12.1. The quantitative estimate of drug-likeness (QED) is 0.720. The number of aliphatic hydroxyl groups is 1. The standard InChI is InChI=1S/C12H23N3O/c1-9(2)12-11(8-15(4)14-12)7-13-6-5-10(3)16/h8-10,13,16H,5-7H2,1-4H3. The Bertz CT molecular complexity index is 318. The molecule has 0 bridgehead atoms. The van der Waals surface area contributed by atoms with Gasteiger partial charge in [-0.15, -0.1) is 0 Å². The molecule has 0 aliphatic carbocycles. The van der Waals surface area contributed by atoms with Crippen LogP contribution in [0.15, 0.2) is 6.20 Å². The number of aliphatic hydroxyl groups excluding tert-OH is 1. The molecule has 0 saturated heterocycles. The van der Waals surface area contributed by atoms with E-state index in [2.05, 4.69) is 30.5 Å². The van der Waals surface area contributed by atoms with Crippen LogP contribution < -0.4 is 5.32 Å². The molecule has 4 nitrogen and oxygen atoms in total. The third kappa shape index (κ3) is 3.94. The first-order valence-electron chi connectivity index (χ1n) is 5.92. The van der Waals surface area contributed by atoms with Crippen LogP contribution in [0.1, 0.15) is 44.4 Å². The van der Waals surface area contributed by atoms with Gasteiger partial charge in [0.25, 0.3) is 0 Å². The topological polar surface area (TPSA) is 50.1 Å². The Morgan fingerprint density at radius 2 is 2.12 bits per heavy atom. The van der Waals surface area contributed by atoms with Crippen LogP contribution in [0.4, 0.5) is 0 Å². The SMILES string of the molecule is CC(O)CCNCc1cn(C)nc1C(C)C. The van der Waals surface area contributed by atoms with Crippen molar-refractivity contribution in [1.82, 2.24) is 15.1 Å². The van der Waals surface area contributed by atoms with Crippen LogP contribution in [0.3, 0.4) is 0 Å². The second-order valence-corrected chi connectivity index (χ2v) is 4.68. The van der Waals surface area contributed by atoms with Crippen LogP contribution in [0, 0.1) is 0 Å². The van der Waals surface area contributed by atoms with Crippen LogP contribution in [0.25, 0.3) is 0 Å². The molecule has 0 spiro atoms. The average Bonchev–Trinajstić information content (AvgIpc) is 2.54. The number of nitrogens with zero attached hydrogens (tertiary/aromatic N) is 2. The first-order chi connectivity index (χ1) is 7.50. The van der Waals surface area contributed by atoms with Gasteiger partial charge in [-0.1, -0.05) is 13.8 Å². The normalized spacial score (nSPS) is 13.4. The van der Waals surface area contributed by atoms with Gasteiger partial charge < -0.3 is 10.4 Å². The van der Waals surface area contributed by atoms with Gasteiger partial charge in [0.2, 0.25) is 0 Å². The molecule has 1 atom stereocenters. The predicted molar refractivity (Wildman–Crippen MR) is 65.3 cm³/mol. The Morgan fingerprint density at radius 1 is 1.44 bits per heavy atom. The molecule has 1 aromatic heterocycles. The molecule has 0 saturated carbocycles. The van der Waals surface area contributed by atoms with Crippen molar-refractivity contribution in [2.45, 2.75) is 45.8 Å². The minimum Gasteiger partial charge on any atom is -0.393 e. The molecule has 1 heterocycles. The molecule has 1 rings (SSSR count). The number of aromatic nitrogens is 2. The summed E-state index contributed by atoms with van der Waals surface area (Å²) in [7, 11) is 1.95. The Labute approximate surface area is 97.7 Å². The van der Waals surface area contributed by atoms with Gasteiger partial charge in [-0.3, -0.25) is 4.68 Å². The van der Waals surface area contributed by atoms with Gasteiger partial charge in [-0.2, -0.15) is 5.10 Å². The molecule has 1 unspecified atom stereocenters. The summed E-state index contributed by atoms with van der Waals surface area (Å²) >= 11 is 0. The summed E-state index contributed by atoms with van der Waals surface area (Å²) in [6.45, 7) is 7.78. The lowest BCUT2D eigenvalue weighted by atomic mass is 10.1. The van der Waals surface area contributed by atoms with E-state index in [9.17, 15) is 0 Å². The lowest BCUT2D eigenvalue weighted by Gasteiger charge is -2.08. The van der Waals surface area contributed by atoms with E-state index in [1.54, 1.807) is 0 Å². The Kier molecular flexibility index (Phi) is 4.96. The summed E-state index contributed by atoms with van der Waals surface area (Å²) in [5, 5.41) is 16.9. The first-order valence-corrected chi connectivity index (χ1v) is 5.92. The van der Waals surface area contributed by atoms with Crippen LogP contribution in [-0.2, 0) is 13.6 Å². The van der Waals surface area contributed by atoms with Gasteiger partial charge in [0.1, 0.15) is 0 Å². The molecule has 0 aliphatic rings. The number of hydrogen-bond acceptors (Lipinski definition) is 3. The molecule has 92 valence electrons. The second-order valence-electron chi connectivity index (χ2n) is 4.68. The molecule has 2 N–H and O–H groups in total. The highest BCUT2D eigenvalue weighted by Gasteiger charge is 2.10. The number of aryl methyl sites for hydroxylation is 1. The number of hydrogen-bond donors (Lipinski definition) is 2. The highest BCUT2D eigenvalue weighted by atomic mass is 16.3. The van der Waals surface area contributed by atoms with Crippen molar-refractivity contribution >= 4 is 0 Å². The fraction of sp³-hybridized carbons (Fsp3) is 0.750. The molecule has 0 aliphatic heterocycles. The van der Waals surface area contributed by atoms with Crippen molar-refractivity contribution in [3.63, 3.8) is 0 Å².